The summed E-state index contributed by atoms with van der Waals surface area (Å²) in [6.45, 7) is 2.94. The number of rotatable bonds is 2. The van der Waals surface area contributed by atoms with Crippen LogP contribution in [-0.2, 0) is 4.74 Å². The molecular weight excluding hydrogens is 164 g/mol. The largest absolute Gasteiger partial charge is 0.392 e. The molecule has 1 heterocycles. The highest BCUT2D eigenvalue weighted by atomic mass is 16.5. The molecule has 3 unspecified atom stereocenters. The Labute approximate surface area is 80.3 Å². The second-order valence-corrected chi connectivity index (χ2v) is 4.56. The van der Waals surface area contributed by atoms with Gasteiger partial charge in [-0.25, -0.2) is 0 Å². The maximum absolute atomic E-state index is 10.1. The first-order valence-corrected chi connectivity index (χ1v) is 5.58. The van der Waals surface area contributed by atoms with Crippen molar-refractivity contribution in [3.05, 3.63) is 0 Å². The van der Waals surface area contributed by atoms with Crippen molar-refractivity contribution in [2.45, 2.75) is 51.2 Å². The summed E-state index contributed by atoms with van der Waals surface area (Å²) in [5, 5.41) is 10.1. The summed E-state index contributed by atoms with van der Waals surface area (Å²) >= 11 is 0. The van der Waals surface area contributed by atoms with Gasteiger partial charge in [0, 0.05) is 12.5 Å². The summed E-state index contributed by atoms with van der Waals surface area (Å²) in [6.07, 6.45) is 6.30. The van der Waals surface area contributed by atoms with Crippen LogP contribution in [0.15, 0.2) is 0 Å². The Morgan fingerprint density at radius 2 is 1.92 bits per heavy atom. The van der Waals surface area contributed by atoms with E-state index < -0.39 is 0 Å². The molecule has 0 spiro atoms. The van der Waals surface area contributed by atoms with Gasteiger partial charge in [0.25, 0.3) is 0 Å². The van der Waals surface area contributed by atoms with Gasteiger partial charge >= 0.3 is 0 Å². The lowest BCUT2D eigenvalue weighted by Gasteiger charge is -2.25. The lowest BCUT2D eigenvalue weighted by molar-refractivity contribution is 0.0124. The van der Waals surface area contributed by atoms with E-state index in [0.717, 1.165) is 13.0 Å². The molecule has 0 amide bonds. The molecule has 0 radical (unpaired) electrons. The van der Waals surface area contributed by atoms with Gasteiger partial charge < -0.3 is 9.84 Å². The Morgan fingerprint density at radius 1 is 1.23 bits per heavy atom. The van der Waals surface area contributed by atoms with Gasteiger partial charge in [-0.2, -0.15) is 0 Å². The summed E-state index contributed by atoms with van der Waals surface area (Å²) < 4.78 is 5.49. The van der Waals surface area contributed by atoms with Crippen LogP contribution in [0.2, 0.25) is 0 Å². The SMILES string of the molecule is CC1OCCC1C(O)C1CCCC1. The number of aliphatic hydroxyl groups is 1. The van der Waals surface area contributed by atoms with Crippen molar-refractivity contribution in [2.75, 3.05) is 6.61 Å². The van der Waals surface area contributed by atoms with Crippen LogP contribution in [0.1, 0.15) is 39.0 Å². The Kier molecular flexibility index (Phi) is 2.89. The van der Waals surface area contributed by atoms with E-state index >= 15 is 0 Å². The molecule has 13 heavy (non-hydrogen) atoms. The zero-order valence-corrected chi connectivity index (χ0v) is 8.41. The standard InChI is InChI=1S/C11H20O2/c1-8-10(6-7-13-8)11(12)9-4-2-3-5-9/h8-12H,2-7H2,1H3. The number of hydrogen-bond donors (Lipinski definition) is 1. The fourth-order valence-electron chi connectivity index (χ4n) is 2.85. The Bertz CT molecular complexity index is 163. The molecule has 0 bridgehead atoms. The van der Waals surface area contributed by atoms with Gasteiger partial charge in [0.1, 0.15) is 0 Å². The van der Waals surface area contributed by atoms with Crippen LogP contribution < -0.4 is 0 Å². The average Bonchev–Trinajstić information content (AvgIpc) is 2.72. The van der Waals surface area contributed by atoms with Gasteiger partial charge in [-0.15, -0.1) is 0 Å². The average molecular weight is 184 g/mol. The molecular formula is C11H20O2. The monoisotopic (exact) mass is 184 g/mol. The first kappa shape index (κ1) is 9.47. The summed E-state index contributed by atoms with van der Waals surface area (Å²) in [6, 6.07) is 0. The lowest BCUT2D eigenvalue weighted by Crippen LogP contribution is -2.31. The third-order valence-corrected chi connectivity index (χ3v) is 3.76. The molecule has 0 aromatic heterocycles. The first-order valence-electron chi connectivity index (χ1n) is 5.58. The smallest absolute Gasteiger partial charge is 0.0622 e. The molecule has 0 aromatic rings. The van der Waals surface area contributed by atoms with Crippen LogP contribution in [0, 0.1) is 11.8 Å². The van der Waals surface area contributed by atoms with Gasteiger partial charge in [0.2, 0.25) is 0 Å². The molecule has 2 fully saturated rings. The minimum absolute atomic E-state index is 0.0972. The molecule has 2 aliphatic rings. The summed E-state index contributed by atoms with van der Waals surface area (Å²) in [7, 11) is 0. The molecule has 2 nitrogen and oxygen atoms in total. The van der Waals surface area contributed by atoms with E-state index in [4.69, 9.17) is 4.74 Å². The van der Waals surface area contributed by atoms with E-state index in [-0.39, 0.29) is 12.2 Å². The molecule has 0 aromatic carbocycles. The van der Waals surface area contributed by atoms with Crippen LogP contribution in [0.4, 0.5) is 0 Å². The molecule has 2 heteroatoms. The minimum atomic E-state index is -0.0972. The van der Waals surface area contributed by atoms with Crippen LogP contribution in [0.5, 0.6) is 0 Å². The maximum Gasteiger partial charge on any atom is 0.0622 e. The van der Waals surface area contributed by atoms with Gasteiger partial charge in [0.15, 0.2) is 0 Å². The van der Waals surface area contributed by atoms with Crippen LogP contribution in [0.3, 0.4) is 0 Å². The third-order valence-electron chi connectivity index (χ3n) is 3.76. The van der Waals surface area contributed by atoms with Gasteiger partial charge in [-0.1, -0.05) is 12.8 Å². The highest BCUT2D eigenvalue weighted by Crippen LogP contribution is 2.35. The van der Waals surface area contributed by atoms with E-state index in [1.807, 2.05) is 0 Å². The van der Waals surface area contributed by atoms with Crippen LogP contribution in [-0.4, -0.2) is 23.9 Å². The number of ether oxygens (including phenoxy) is 1. The normalized spacial score (nSPS) is 38.3. The number of hydrogen-bond acceptors (Lipinski definition) is 2. The van der Waals surface area contributed by atoms with Crippen molar-refractivity contribution >= 4 is 0 Å². The first-order chi connectivity index (χ1) is 6.29. The van der Waals surface area contributed by atoms with Gasteiger partial charge in [-0.3, -0.25) is 0 Å². The molecule has 1 aliphatic carbocycles. The van der Waals surface area contributed by atoms with Crippen LogP contribution >= 0.6 is 0 Å². The van der Waals surface area contributed by atoms with E-state index in [2.05, 4.69) is 6.92 Å². The molecule has 2 rings (SSSR count). The fourth-order valence-corrected chi connectivity index (χ4v) is 2.85. The zero-order chi connectivity index (χ0) is 9.26. The summed E-state index contributed by atoms with van der Waals surface area (Å²) in [5.41, 5.74) is 0. The van der Waals surface area contributed by atoms with Crippen LogP contribution in [0.25, 0.3) is 0 Å². The second-order valence-electron chi connectivity index (χ2n) is 4.56. The molecule has 3 atom stereocenters. The zero-order valence-electron chi connectivity index (χ0n) is 8.41. The van der Waals surface area contributed by atoms with Crippen molar-refractivity contribution in [1.29, 1.82) is 0 Å². The van der Waals surface area contributed by atoms with E-state index in [1.54, 1.807) is 0 Å². The lowest BCUT2D eigenvalue weighted by atomic mass is 9.86. The van der Waals surface area contributed by atoms with E-state index in [0.29, 0.717) is 11.8 Å². The number of aliphatic hydroxyl groups excluding tert-OH is 1. The molecule has 1 saturated heterocycles. The Balaban J connectivity index is 1.91. The van der Waals surface area contributed by atoms with Crippen molar-refractivity contribution in [3.63, 3.8) is 0 Å². The van der Waals surface area contributed by atoms with Crippen molar-refractivity contribution in [2.24, 2.45) is 11.8 Å². The second kappa shape index (κ2) is 3.97. The van der Waals surface area contributed by atoms with E-state index in [1.165, 1.54) is 25.7 Å². The molecule has 1 saturated carbocycles. The van der Waals surface area contributed by atoms with Crippen molar-refractivity contribution < 1.29 is 9.84 Å². The minimum Gasteiger partial charge on any atom is -0.392 e. The molecule has 76 valence electrons. The molecule has 1 N–H and O–H groups in total. The summed E-state index contributed by atoms with van der Waals surface area (Å²) in [4.78, 5) is 0. The molecule has 1 aliphatic heterocycles. The highest BCUT2D eigenvalue weighted by molar-refractivity contribution is 4.85. The predicted molar refractivity (Wildman–Crippen MR) is 51.5 cm³/mol. The third kappa shape index (κ3) is 1.89. The van der Waals surface area contributed by atoms with Gasteiger partial charge in [0.05, 0.1) is 12.2 Å². The predicted octanol–water partition coefficient (Wildman–Crippen LogP) is 1.96. The fraction of sp³-hybridized carbons (Fsp3) is 1.00. The quantitative estimate of drug-likeness (QED) is 0.711. The van der Waals surface area contributed by atoms with Crippen molar-refractivity contribution in [3.8, 4) is 0 Å². The Hall–Kier alpha value is -0.0800. The highest BCUT2D eigenvalue weighted by Gasteiger charge is 2.36. The maximum atomic E-state index is 10.1. The Morgan fingerprint density at radius 3 is 2.46 bits per heavy atom. The van der Waals surface area contributed by atoms with Gasteiger partial charge in [-0.05, 0) is 32.1 Å². The topological polar surface area (TPSA) is 29.5 Å². The van der Waals surface area contributed by atoms with Crippen molar-refractivity contribution in [1.82, 2.24) is 0 Å². The summed E-state index contributed by atoms with van der Waals surface area (Å²) in [5.74, 6) is 0.970. The van der Waals surface area contributed by atoms with E-state index in [9.17, 15) is 5.11 Å².